The number of nitrogens with one attached hydrogen (secondary N) is 1. The maximum atomic E-state index is 12.5. The number of aryl methyl sites for hydroxylation is 1. The van der Waals surface area contributed by atoms with Crippen molar-refractivity contribution in [1.29, 1.82) is 0 Å². The number of nitrogens with two attached hydrogens (primary N) is 1. The van der Waals surface area contributed by atoms with E-state index in [2.05, 4.69) is 11.6 Å². The largest absolute Gasteiger partial charge is 0.398 e. The van der Waals surface area contributed by atoms with E-state index in [-0.39, 0.29) is 10.9 Å². The van der Waals surface area contributed by atoms with Crippen LogP contribution in [0, 0.1) is 5.92 Å². The second-order valence-corrected chi connectivity index (χ2v) is 7.77. The fourth-order valence-electron chi connectivity index (χ4n) is 3.00. The number of sulfonamides is 1. The molecule has 0 aliphatic heterocycles. The maximum Gasteiger partial charge on any atom is 0.240 e. The first kappa shape index (κ1) is 16.3. The van der Waals surface area contributed by atoms with E-state index in [4.69, 9.17) is 5.73 Å². The van der Waals surface area contributed by atoms with Crippen LogP contribution in [0.4, 0.5) is 5.69 Å². The molecule has 118 valence electrons. The van der Waals surface area contributed by atoms with Crippen LogP contribution in [0.2, 0.25) is 0 Å². The van der Waals surface area contributed by atoms with Crippen molar-refractivity contribution in [1.82, 2.24) is 4.72 Å². The highest BCUT2D eigenvalue weighted by Gasteiger charge is 2.26. The van der Waals surface area contributed by atoms with Crippen LogP contribution in [0.1, 0.15) is 51.5 Å². The van der Waals surface area contributed by atoms with Gasteiger partial charge in [0, 0.05) is 11.7 Å². The third-order valence-corrected chi connectivity index (χ3v) is 5.96. The van der Waals surface area contributed by atoms with Gasteiger partial charge in [0.05, 0.1) is 4.90 Å². The minimum atomic E-state index is -3.49. The van der Waals surface area contributed by atoms with Gasteiger partial charge in [0.25, 0.3) is 0 Å². The zero-order valence-corrected chi connectivity index (χ0v) is 13.7. The zero-order chi connectivity index (χ0) is 15.5. The number of nitrogen functional groups attached to an aromatic ring is 1. The molecule has 0 heterocycles. The monoisotopic (exact) mass is 310 g/mol. The van der Waals surface area contributed by atoms with Gasteiger partial charge in [-0.15, -0.1) is 0 Å². The summed E-state index contributed by atoms with van der Waals surface area (Å²) in [6, 6.07) is 5.06. The lowest BCUT2D eigenvalue weighted by molar-refractivity contribution is 0.399. The molecule has 0 saturated heterocycles. The molecule has 0 radical (unpaired) electrons. The summed E-state index contributed by atoms with van der Waals surface area (Å²) in [6.07, 6.45) is 6.29. The second kappa shape index (κ2) is 6.79. The molecule has 1 aromatic rings. The van der Waals surface area contributed by atoms with Crippen molar-refractivity contribution < 1.29 is 8.42 Å². The van der Waals surface area contributed by atoms with Crippen LogP contribution in [0.3, 0.4) is 0 Å². The Morgan fingerprint density at radius 3 is 2.62 bits per heavy atom. The normalized spacial score (nSPS) is 23.7. The number of hydrogen-bond acceptors (Lipinski definition) is 3. The average Bonchev–Trinajstić information content (AvgIpc) is 2.64. The summed E-state index contributed by atoms with van der Waals surface area (Å²) in [6.45, 7) is 4.14. The van der Waals surface area contributed by atoms with E-state index >= 15 is 0 Å². The number of benzene rings is 1. The Labute approximate surface area is 128 Å². The molecule has 5 heteroatoms. The highest BCUT2D eigenvalue weighted by molar-refractivity contribution is 7.89. The van der Waals surface area contributed by atoms with Crippen molar-refractivity contribution in [2.75, 3.05) is 5.73 Å². The first-order valence-corrected chi connectivity index (χ1v) is 9.33. The van der Waals surface area contributed by atoms with Crippen molar-refractivity contribution in [2.24, 2.45) is 5.92 Å². The standard InChI is InChI=1S/C16H26N2O2S/c1-3-13-9-10-14(11-15(13)17)21(19,20)18-16-8-6-4-5-7-12(16)2/h9-12,16,18H,3-8,17H2,1-2H3. The lowest BCUT2D eigenvalue weighted by Crippen LogP contribution is -2.38. The molecule has 2 atom stereocenters. The highest BCUT2D eigenvalue weighted by Crippen LogP contribution is 2.25. The maximum absolute atomic E-state index is 12.5. The van der Waals surface area contributed by atoms with E-state index in [0.717, 1.165) is 31.2 Å². The van der Waals surface area contributed by atoms with Crippen molar-refractivity contribution in [3.8, 4) is 0 Å². The smallest absolute Gasteiger partial charge is 0.240 e. The highest BCUT2D eigenvalue weighted by atomic mass is 32.2. The van der Waals surface area contributed by atoms with Crippen LogP contribution in [-0.4, -0.2) is 14.5 Å². The van der Waals surface area contributed by atoms with Crippen molar-refractivity contribution in [3.63, 3.8) is 0 Å². The van der Waals surface area contributed by atoms with E-state index in [0.29, 0.717) is 11.6 Å². The Morgan fingerprint density at radius 1 is 1.24 bits per heavy atom. The molecular weight excluding hydrogens is 284 g/mol. The molecule has 1 aliphatic rings. The predicted molar refractivity (Wildman–Crippen MR) is 86.6 cm³/mol. The van der Waals surface area contributed by atoms with Gasteiger partial charge in [-0.2, -0.15) is 0 Å². The molecule has 3 N–H and O–H groups in total. The van der Waals surface area contributed by atoms with E-state index in [9.17, 15) is 8.42 Å². The van der Waals surface area contributed by atoms with Gasteiger partial charge >= 0.3 is 0 Å². The van der Waals surface area contributed by atoms with Gasteiger partial charge in [-0.05, 0) is 42.9 Å². The third-order valence-electron chi connectivity index (χ3n) is 4.48. The third kappa shape index (κ3) is 3.98. The van der Waals surface area contributed by atoms with Crippen LogP contribution >= 0.6 is 0 Å². The first-order valence-electron chi connectivity index (χ1n) is 7.84. The van der Waals surface area contributed by atoms with Crippen LogP contribution < -0.4 is 10.5 Å². The molecule has 0 aromatic heterocycles. The van der Waals surface area contributed by atoms with Gasteiger partial charge in [0.15, 0.2) is 0 Å². The lowest BCUT2D eigenvalue weighted by Gasteiger charge is -2.22. The van der Waals surface area contributed by atoms with Gasteiger partial charge in [-0.1, -0.05) is 39.2 Å². The fourth-order valence-corrected chi connectivity index (χ4v) is 4.41. The molecule has 1 aromatic carbocycles. The van der Waals surface area contributed by atoms with E-state index in [1.165, 1.54) is 12.8 Å². The van der Waals surface area contributed by atoms with Crippen molar-refractivity contribution in [3.05, 3.63) is 23.8 Å². The van der Waals surface area contributed by atoms with Crippen LogP contribution in [0.25, 0.3) is 0 Å². The Hall–Kier alpha value is -1.07. The minimum absolute atomic E-state index is 0.0320. The topological polar surface area (TPSA) is 72.2 Å². The molecule has 0 bridgehead atoms. The van der Waals surface area contributed by atoms with Gasteiger partial charge in [-0.3, -0.25) is 0 Å². The first-order chi connectivity index (χ1) is 9.94. The molecule has 21 heavy (non-hydrogen) atoms. The summed E-state index contributed by atoms with van der Waals surface area (Å²) in [7, 11) is -3.49. The summed E-state index contributed by atoms with van der Waals surface area (Å²) in [5.74, 6) is 0.384. The molecular formula is C16H26N2O2S. The average molecular weight is 310 g/mol. The summed E-state index contributed by atoms with van der Waals surface area (Å²) in [5, 5.41) is 0. The second-order valence-electron chi connectivity index (χ2n) is 6.06. The van der Waals surface area contributed by atoms with Crippen molar-refractivity contribution in [2.45, 2.75) is 63.3 Å². The summed E-state index contributed by atoms with van der Waals surface area (Å²) in [5.41, 5.74) is 7.46. The molecule has 1 fully saturated rings. The van der Waals surface area contributed by atoms with Crippen molar-refractivity contribution >= 4 is 15.7 Å². The molecule has 1 aliphatic carbocycles. The fraction of sp³-hybridized carbons (Fsp3) is 0.625. The molecule has 0 spiro atoms. The van der Waals surface area contributed by atoms with Gasteiger partial charge in [-0.25, -0.2) is 13.1 Å². The Kier molecular flexibility index (Phi) is 5.27. The van der Waals surface area contributed by atoms with Crippen LogP contribution in [-0.2, 0) is 16.4 Å². The molecule has 2 unspecified atom stereocenters. The Balaban J connectivity index is 2.19. The lowest BCUT2D eigenvalue weighted by atomic mass is 9.98. The predicted octanol–water partition coefficient (Wildman–Crippen LogP) is 3.08. The van der Waals surface area contributed by atoms with Gasteiger partial charge < -0.3 is 5.73 Å². The molecule has 1 saturated carbocycles. The van der Waals surface area contributed by atoms with E-state index < -0.39 is 10.0 Å². The summed E-state index contributed by atoms with van der Waals surface area (Å²) in [4.78, 5) is 0.272. The van der Waals surface area contributed by atoms with Crippen LogP contribution in [0.15, 0.2) is 23.1 Å². The number of anilines is 1. The minimum Gasteiger partial charge on any atom is -0.398 e. The molecule has 4 nitrogen and oxygen atoms in total. The Bertz CT molecular complexity index is 584. The van der Waals surface area contributed by atoms with Crippen LogP contribution in [0.5, 0.6) is 0 Å². The van der Waals surface area contributed by atoms with Gasteiger partial charge in [0.1, 0.15) is 0 Å². The summed E-state index contributed by atoms with van der Waals surface area (Å²) >= 11 is 0. The zero-order valence-electron chi connectivity index (χ0n) is 12.9. The Morgan fingerprint density at radius 2 is 1.95 bits per heavy atom. The molecule has 0 amide bonds. The van der Waals surface area contributed by atoms with Gasteiger partial charge in [0.2, 0.25) is 10.0 Å². The summed E-state index contributed by atoms with van der Waals surface area (Å²) < 4.78 is 28.0. The molecule has 2 rings (SSSR count). The van der Waals surface area contributed by atoms with E-state index in [1.54, 1.807) is 18.2 Å². The van der Waals surface area contributed by atoms with E-state index in [1.807, 2.05) is 6.92 Å². The SMILES string of the molecule is CCc1ccc(S(=O)(=O)NC2CCCCCC2C)cc1N. The number of hydrogen-bond donors (Lipinski definition) is 2. The number of rotatable bonds is 4. The quantitative estimate of drug-likeness (QED) is 0.663.